The van der Waals surface area contributed by atoms with Crippen LogP contribution in [0.15, 0.2) is 24.3 Å². The Bertz CT molecular complexity index is 1740. The van der Waals surface area contributed by atoms with Crippen molar-refractivity contribution in [3.8, 4) is 0 Å². The van der Waals surface area contributed by atoms with Gasteiger partial charge in [0.05, 0.1) is 32.0 Å². The Morgan fingerprint density at radius 3 is 0.969 bits per heavy atom. The van der Waals surface area contributed by atoms with E-state index in [1.54, 1.807) is 6.08 Å². The minimum atomic E-state index is -1.79. The largest absolute Gasteiger partial charge is 0.394 e. The Labute approximate surface area is 602 Å². The molecule has 9 N–H and O–H groups in total. The van der Waals surface area contributed by atoms with Crippen molar-refractivity contribution < 1.29 is 64.6 Å². The lowest BCUT2D eigenvalue weighted by Gasteiger charge is -2.46. The van der Waals surface area contributed by atoms with E-state index >= 15 is 0 Å². The summed E-state index contributed by atoms with van der Waals surface area (Å²) in [5, 5.41) is 87.8. The van der Waals surface area contributed by atoms with Crippen LogP contribution in [0.5, 0.6) is 0 Å². The van der Waals surface area contributed by atoms with Gasteiger partial charge in [-0.2, -0.15) is 0 Å². The number of carbonyl (C=O) groups excluding carboxylic acids is 1. The molecule has 0 aromatic rings. The number of rotatable bonds is 73. The van der Waals surface area contributed by atoms with Gasteiger partial charge in [-0.3, -0.25) is 4.79 Å². The Kier molecular flexibility index (Phi) is 64.8. The van der Waals surface area contributed by atoms with Gasteiger partial charge in [-0.25, -0.2) is 0 Å². The van der Waals surface area contributed by atoms with Crippen LogP contribution in [0.4, 0.5) is 0 Å². The fourth-order valence-corrected chi connectivity index (χ4v) is 14.4. The zero-order chi connectivity index (χ0) is 70.8. The SMILES string of the molecule is CCCCCCCCCC/C=C\CCCCCCCCCCCCCCCCCCCCCC(=O)NC(COC1OC(CO)C(OC2OC(CO)C(O)C(O)C2O)C(O)C1O)C(O)/C=C/CCCCCCCCCCCCCCCCCCCCCCCCCCCCCCCCC. The molecule has 2 fully saturated rings. The van der Waals surface area contributed by atoms with Crippen molar-refractivity contribution >= 4 is 5.91 Å². The highest BCUT2D eigenvalue weighted by Gasteiger charge is 2.51. The lowest BCUT2D eigenvalue weighted by molar-refractivity contribution is -0.359. The number of amides is 1. The standard InChI is InChI=1S/C84H161NO13/c1-3-5-7-9-11-13-15-17-19-21-23-25-27-29-31-33-35-36-38-39-41-43-45-47-49-51-53-55-57-59-61-63-65-67-73(88)72(71-95-83-81(94)79(92)82(75(70-87)97-83)98-84-80(93)78(91)77(90)74(69-86)96-84)85-76(89)68-66-64-62-60-58-56-54-52-50-48-46-44-42-40-37-34-32-30-28-26-24-22-20-18-16-14-12-10-8-6-4-2/h22,24,65,67,72-75,77-84,86-88,90-94H,3-21,23,25-64,66,68-71H2,1-2H3,(H,85,89)/b24-22-,67-65+. The number of nitrogens with one attached hydrogen (secondary N) is 1. The summed E-state index contributed by atoms with van der Waals surface area (Å²) < 4.78 is 23.0. The van der Waals surface area contributed by atoms with Gasteiger partial charge in [0.2, 0.25) is 5.91 Å². The van der Waals surface area contributed by atoms with Crippen LogP contribution in [-0.4, -0.2) is 140 Å². The summed E-state index contributed by atoms with van der Waals surface area (Å²) in [6.45, 7) is 2.88. The van der Waals surface area contributed by atoms with E-state index in [-0.39, 0.29) is 18.9 Å². The van der Waals surface area contributed by atoms with Gasteiger partial charge in [-0.05, 0) is 44.9 Å². The first kappa shape index (κ1) is 92.6. The molecule has 2 aliphatic rings. The van der Waals surface area contributed by atoms with E-state index in [9.17, 15) is 45.6 Å². The van der Waals surface area contributed by atoms with Crippen molar-refractivity contribution in [1.82, 2.24) is 5.32 Å². The lowest BCUT2D eigenvalue weighted by Crippen LogP contribution is -2.65. The van der Waals surface area contributed by atoms with Crippen LogP contribution in [0, 0.1) is 0 Å². The first-order chi connectivity index (χ1) is 48.1. The highest BCUT2D eigenvalue weighted by molar-refractivity contribution is 5.76. The zero-order valence-electron chi connectivity index (χ0n) is 63.8. The summed E-state index contributed by atoms with van der Waals surface area (Å²) in [6, 6.07) is -0.914. The van der Waals surface area contributed by atoms with Crippen LogP contribution in [0.25, 0.3) is 0 Å². The van der Waals surface area contributed by atoms with Crippen molar-refractivity contribution in [3.05, 3.63) is 24.3 Å². The minimum Gasteiger partial charge on any atom is -0.394 e. The van der Waals surface area contributed by atoms with E-state index < -0.39 is 86.8 Å². The molecule has 12 unspecified atom stereocenters. The summed E-state index contributed by atoms with van der Waals surface area (Å²) >= 11 is 0. The molecule has 14 heteroatoms. The number of hydrogen-bond acceptors (Lipinski definition) is 13. The number of ether oxygens (including phenoxy) is 4. The first-order valence-electron chi connectivity index (χ1n) is 42.6. The molecule has 12 atom stereocenters. The third-order valence-electron chi connectivity index (χ3n) is 21.1. The van der Waals surface area contributed by atoms with E-state index in [0.717, 1.165) is 38.5 Å². The third-order valence-corrected chi connectivity index (χ3v) is 21.1. The van der Waals surface area contributed by atoms with Gasteiger partial charge < -0.3 is 65.1 Å². The average molecular weight is 1390 g/mol. The van der Waals surface area contributed by atoms with Gasteiger partial charge in [-0.15, -0.1) is 0 Å². The molecule has 0 saturated carbocycles. The van der Waals surface area contributed by atoms with Crippen LogP contribution in [0.1, 0.15) is 412 Å². The summed E-state index contributed by atoms with van der Waals surface area (Å²) in [6.07, 6.45) is 72.8. The number of carbonyl (C=O) groups is 1. The molecule has 1 amide bonds. The van der Waals surface area contributed by atoms with Crippen LogP contribution in [-0.2, 0) is 23.7 Å². The smallest absolute Gasteiger partial charge is 0.220 e. The molecule has 2 heterocycles. The molecule has 580 valence electrons. The molecule has 0 bridgehead atoms. The van der Waals surface area contributed by atoms with Crippen molar-refractivity contribution in [1.29, 1.82) is 0 Å². The van der Waals surface area contributed by atoms with Crippen LogP contribution >= 0.6 is 0 Å². The second-order valence-electron chi connectivity index (χ2n) is 30.3. The summed E-state index contributed by atoms with van der Waals surface area (Å²) in [7, 11) is 0. The molecule has 2 aliphatic heterocycles. The Hall–Kier alpha value is -1.53. The number of allylic oxidation sites excluding steroid dienone is 3. The van der Waals surface area contributed by atoms with Gasteiger partial charge in [0, 0.05) is 6.42 Å². The second-order valence-corrected chi connectivity index (χ2v) is 30.3. The monoisotopic (exact) mass is 1390 g/mol. The zero-order valence-corrected chi connectivity index (χ0v) is 63.8. The van der Waals surface area contributed by atoms with Crippen LogP contribution in [0.3, 0.4) is 0 Å². The topological polar surface area (TPSA) is 228 Å². The summed E-state index contributed by atoms with van der Waals surface area (Å²) in [4.78, 5) is 13.4. The molecule has 0 aromatic carbocycles. The maximum Gasteiger partial charge on any atom is 0.220 e. The van der Waals surface area contributed by atoms with Crippen molar-refractivity contribution in [2.45, 2.75) is 485 Å². The second kappa shape index (κ2) is 68.6. The molecular formula is C84H161NO13. The van der Waals surface area contributed by atoms with Crippen LogP contribution in [0.2, 0.25) is 0 Å². The predicted octanol–water partition coefficient (Wildman–Crippen LogP) is 19.8. The van der Waals surface area contributed by atoms with E-state index in [1.807, 2.05) is 6.08 Å². The molecule has 0 spiro atoms. The predicted molar refractivity (Wildman–Crippen MR) is 406 cm³/mol. The summed E-state index contributed by atoms with van der Waals surface area (Å²) in [5.41, 5.74) is 0. The third kappa shape index (κ3) is 50.8. The molecule has 98 heavy (non-hydrogen) atoms. The van der Waals surface area contributed by atoms with Gasteiger partial charge in [0.15, 0.2) is 12.6 Å². The molecule has 0 radical (unpaired) electrons. The fraction of sp³-hybridized carbons (Fsp3) is 0.940. The number of unbranched alkanes of at least 4 members (excludes halogenated alkanes) is 58. The molecule has 0 aliphatic carbocycles. The lowest BCUT2D eigenvalue weighted by atomic mass is 9.97. The fourth-order valence-electron chi connectivity index (χ4n) is 14.4. The first-order valence-corrected chi connectivity index (χ1v) is 42.6. The number of aliphatic hydroxyl groups is 8. The van der Waals surface area contributed by atoms with Gasteiger partial charge in [0.1, 0.15) is 48.8 Å². The molecule has 14 nitrogen and oxygen atoms in total. The van der Waals surface area contributed by atoms with Crippen molar-refractivity contribution in [2.75, 3.05) is 19.8 Å². The maximum atomic E-state index is 13.4. The summed E-state index contributed by atoms with van der Waals surface area (Å²) in [5.74, 6) is -0.230. The average Bonchev–Trinajstić information content (AvgIpc) is 0.793. The van der Waals surface area contributed by atoms with Gasteiger partial charge in [0.25, 0.3) is 0 Å². The highest BCUT2D eigenvalue weighted by Crippen LogP contribution is 2.31. The van der Waals surface area contributed by atoms with Crippen LogP contribution < -0.4 is 5.32 Å². The number of aliphatic hydroxyl groups excluding tert-OH is 8. The Morgan fingerprint density at radius 2 is 0.643 bits per heavy atom. The van der Waals surface area contributed by atoms with E-state index in [4.69, 9.17) is 18.9 Å². The minimum absolute atomic E-state index is 0.230. The molecule has 2 rings (SSSR count). The Balaban J connectivity index is 1.59. The van der Waals surface area contributed by atoms with Crippen molar-refractivity contribution in [3.63, 3.8) is 0 Å². The maximum absolute atomic E-state index is 13.4. The van der Waals surface area contributed by atoms with E-state index in [0.29, 0.717) is 6.42 Å². The van der Waals surface area contributed by atoms with Gasteiger partial charge in [-0.1, -0.05) is 385 Å². The Morgan fingerprint density at radius 1 is 0.357 bits per heavy atom. The normalized spacial score (nSPS) is 22.1. The van der Waals surface area contributed by atoms with Gasteiger partial charge >= 0.3 is 0 Å². The quantitative estimate of drug-likeness (QED) is 0.0204. The molecule has 2 saturated heterocycles. The number of hydrogen-bond donors (Lipinski definition) is 9. The van der Waals surface area contributed by atoms with Crippen molar-refractivity contribution in [2.24, 2.45) is 0 Å². The molecule has 0 aromatic heterocycles. The van der Waals surface area contributed by atoms with E-state index in [1.165, 1.54) is 347 Å². The van der Waals surface area contributed by atoms with E-state index in [2.05, 4.69) is 31.3 Å². The highest BCUT2D eigenvalue weighted by atomic mass is 16.7. The molecular weight excluding hydrogens is 1230 g/mol.